The molecule has 7 nitrogen and oxygen atoms in total. The van der Waals surface area contributed by atoms with Gasteiger partial charge in [0.1, 0.15) is 17.5 Å². The summed E-state index contributed by atoms with van der Waals surface area (Å²) in [5.41, 5.74) is 2.03. The maximum atomic E-state index is 12.9. The Morgan fingerprint density at radius 2 is 1.40 bits per heavy atom. The molecule has 4 rings (SSSR count). The van der Waals surface area contributed by atoms with Crippen LogP contribution in [0.1, 0.15) is 28.7 Å². The van der Waals surface area contributed by atoms with Gasteiger partial charge in [-0.2, -0.15) is 0 Å². The topological polar surface area (TPSA) is 55.8 Å². The molecule has 2 aromatic rings. The van der Waals surface area contributed by atoms with Crippen LogP contribution in [0.25, 0.3) is 0 Å². The molecule has 1 aromatic heterocycles. The zero-order valence-corrected chi connectivity index (χ0v) is 18.3. The fourth-order valence-corrected chi connectivity index (χ4v) is 4.10. The highest BCUT2D eigenvalue weighted by molar-refractivity contribution is 5.94. The van der Waals surface area contributed by atoms with Gasteiger partial charge in [0.2, 0.25) is 0 Å². The van der Waals surface area contributed by atoms with Crippen molar-refractivity contribution in [3.63, 3.8) is 0 Å². The Kier molecular flexibility index (Phi) is 6.18. The summed E-state index contributed by atoms with van der Waals surface area (Å²) < 4.78 is 0. The number of nitrogens with zero attached hydrogens (tertiary/aromatic N) is 6. The van der Waals surface area contributed by atoms with Crippen LogP contribution in [0.4, 0.5) is 11.6 Å². The molecule has 0 spiro atoms. The lowest BCUT2D eigenvalue weighted by molar-refractivity contribution is 0.0746. The Hall–Kier alpha value is -2.67. The van der Waals surface area contributed by atoms with Crippen LogP contribution < -0.4 is 9.80 Å². The number of rotatable bonds is 4. The first kappa shape index (κ1) is 20.6. The van der Waals surface area contributed by atoms with Crippen LogP contribution in [0.15, 0.2) is 30.3 Å². The summed E-state index contributed by atoms with van der Waals surface area (Å²) >= 11 is 0. The van der Waals surface area contributed by atoms with E-state index in [1.165, 1.54) is 5.56 Å². The number of aryl methyl sites for hydroxylation is 2. The van der Waals surface area contributed by atoms with Gasteiger partial charge in [0.25, 0.3) is 5.91 Å². The van der Waals surface area contributed by atoms with Crippen LogP contribution in [-0.4, -0.2) is 85.1 Å². The number of piperazine rings is 2. The Labute approximate surface area is 179 Å². The summed E-state index contributed by atoms with van der Waals surface area (Å²) in [5, 5.41) is 0. The number of carbonyl (C=O) groups excluding carboxylic acids is 1. The van der Waals surface area contributed by atoms with Gasteiger partial charge in [-0.25, -0.2) is 9.97 Å². The third-order valence-corrected chi connectivity index (χ3v) is 6.14. The first-order valence-electron chi connectivity index (χ1n) is 11.0. The molecule has 1 aromatic carbocycles. The van der Waals surface area contributed by atoms with Gasteiger partial charge < -0.3 is 19.6 Å². The molecule has 0 radical (unpaired) electrons. The molecule has 2 saturated heterocycles. The molecule has 30 heavy (non-hydrogen) atoms. The number of likely N-dealkylation sites (N-methyl/N-ethyl adjacent to an activating group) is 1. The Balaban J connectivity index is 1.40. The molecule has 160 valence electrons. The van der Waals surface area contributed by atoms with Gasteiger partial charge >= 0.3 is 0 Å². The van der Waals surface area contributed by atoms with Crippen molar-refractivity contribution in [2.45, 2.75) is 20.3 Å². The minimum atomic E-state index is 0.120. The van der Waals surface area contributed by atoms with E-state index in [2.05, 4.69) is 44.7 Å². The average Bonchev–Trinajstić information content (AvgIpc) is 2.79. The molecule has 0 saturated carbocycles. The number of anilines is 2. The molecule has 3 heterocycles. The van der Waals surface area contributed by atoms with E-state index in [4.69, 9.17) is 0 Å². The molecule has 0 aliphatic carbocycles. The number of hydrogen-bond donors (Lipinski definition) is 0. The van der Waals surface area contributed by atoms with Gasteiger partial charge in [0, 0.05) is 64.0 Å². The minimum Gasteiger partial charge on any atom is -0.354 e. The van der Waals surface area contributed by atoms with E-state index in [-0.39, 0.29) is 5.91 Å². The molecule has 0 N–H and O–H groups in total. The predicted molar refractivity (Wildman–Crippen MR) is 120 cm³/mol. The van der Waals surface area contributed by atoms with E-state index in [1.807, 2.05) is 36.1 Å². The molecule has 0 atom stereocenters. The minimum absolute atomic E-state index is 0.120. The van der Waals surface area contributed by atoms with Crippen molar-refractivity contribution < 1.29 is 4.79 Å². The number of hydrogen-bond acceptors (Lipinski definition) is 6. The zero-order chi connectivity index (χ0) is 21.1. The van der Waals surface area contributed by atoms with Crippen molar-refractivity contribution in [3.8, 4) is 0 Å². The van der Waals surface area contributed by atoms with E-state index in [1.54, 1.807) is 0 Å². The number of benzene rings is 1. The smallest absolute Gasteiger partial charge is 0.253 e. The SMILES string of the molecule is CCc1ccc(C(=O)N2CCN(c3cc(N4CCN(C)CC4)nc(C)n3)CC2)cc1. The third-order valence-electron chi connectivity index (χ3n) is 6.14. The summed E-state index contributed by atoms with van der Waals surface area (Å²) in [6.07, 6.45) is 0.988. The Morgan fingerprint density at radius 3 is 1.93 bits per heavy atom. The predicted octanol–water partition coefficient (Wildman–Crippen LogP) is 2.06. The van der Waals surface area contributed by atoms with E-state index >= 15 is 0 Å². The highest BCUT2D eigenvalue weighted by Gasteiger charge is 2.24. The van der Waals surface area contributed by atoms with Crippen molar-refractivity contribution in [1.29, 1.82) is 0 Å². The first-order chi connectivity index (χ1) is 14.5. The fraction of sp³-hybridized carbons (Fsp3) is 0.522. The lowest BCUT2D eigenvalue weighted by Gasteiger charge is -2.37. The Morgan fingerprint density at radius 1 is 0.867 bits per heavy atom. The van der Waals surface area contributed by atoms with Crippen LogP contribution in [0.2, 0.25) is 0 Å². The normalized spacial score (nSPS) is 18.0. The largest absolute Gasteiger partial charge is 0.354 e. The van der Waals surface area contributed by atoms with Crippen LogP contribution in [0.3, 0.4) is 0 Å². The van der Waals surface area contributed by atoms with Gasteiger partial charge in [-0.05, 0) is 38.1 Å². The summed E-state index contributed by atoms with van der Waals surface area (Å²) in [7, 11) is 2.16. The lowest BCUT2D eigenvalue weighted by atomic mass is 10.1. The lowest BCUT2D eigenvalue weighted by Crippen LogP contribution is -2.49. The van der Waals surface area contributed by atoms with Crippen molar-refractivity contribution in [1.82, 2.24) is 19.8 Å². The standard InChI is InChI=1S/C23H32N6O/c1-4-19-5-7-20(8-6-19)23(30)29-15-13-28(14-16-29)22-17-21(24-18(2)25-22)27-11-9-26(3)10-12-27/h5-8,17H,4,9-16H2,1-3H3. The van der Waals surface area contributed by atoms with Crippen molar-refractivity contribution in [2.75, 3.05) is 69.2 Å². The van der Waals surface area contributed by atoms with Crippen molar-refractivity contribution in [2.24, 2.45) is 0 Å². The summed E-state index contributed by atoms with van der Waals surface area (Å²) in [5.74, 6) is 2.90. The molecule has 0 unspecified atom stereocenters. The number of amides is 1. The maximum absolute atomic E-state index is 12.9. The zero-order valence-electron chi connectivity index (χ0n) is 18.3. The molecular weight excluding hydrogens is 376 g/mol. The molecule has 7 heteroatoms. The maximum Gasteiger partial charge on any atom is 0.253 e. The van der Waals surface area contributed by atoms with Gasteiger partial charge in [-0.3, -0.25) is 4.79 Å². The summed E-state index contributed by atoms with van der Waals surface area (Å²) in [6, 6.07) is 10.1. The molecule has 2 fully saturated rings. The van der Waals surface area contributed by atoms with Gasteiger partial charge in [-0.1, -0.05) is 19.1 Å². The monoisotopic (exact) mass is 408 g/mol. The third kappa shape index (κ3) is 4.56. The second kappa shape index (κ2) is 9.00. The first-order valence-corrected chi connectivity index (χ1v) is 11.0. The average molecular weight is 409 g/mol. The fourth-order valence-electron chi connectivity index (χ4n) is 4.10. The molecule has 0 bridgehead atoms. The molecule has 2 aliphatic heterocycles. The molecule has 1 amide bonds. The van der Waals surface area contributed by atoms with Crippen LogP contribution in [-0.2, 0) is 6.42 Å². The number of aromatic nitrogens is 2. The quantitative estimate of drug-likeness (QED) is 0.772. The summed E-state index contributed by atoms with van der Waals surface area (Å²) in [4.78, 5) is 31.1. The Bertz CT molecular complexity index is 868. The highest BCUT2D eigenvalue weighted by atomic mass is 16.2. The van der Waals surface area contributed by atoms with E-state index in [9.17, 15) is 4.79 Å². The number of carbonyl (C=O) groups is 1. The van der Waals surface area contributed by atoms with Crippen LogP contribution in [0, 0.1) is 6.92 Å². The molecular formula is C23H32N6O. The molecule has 2 aliphatic rings. The highest BCUT2D eigenvalue weighted by Crippen LogP contribution is 2.22. The van der Waals surface area contributed by atoms with Crippen molar-refractivity contribution in [3.05, 3.63) is 47.3 Å². The van der Waals surface area contributed by atoms with Gasteiger partial charge in [0.05, 0.1) is 0 Å². The van der Waals surface area contributed by atoms with E-state index in [0.717, 1.165) is 68.7 Å². The summed E-state index contributed by atoms with van der Waals surface area (Å²) in [6.45, 7) is 11.2. The van der Waals surface area contributed by atoms with Crippen LogP contribution >= 0.6 is 0 Å². The van der Waals surface area contributed by atoms with Gasteiger partial charge in [0.15, 0.2) is 0 Å². The second-order valence-corrected chi connectivity index (χ2v) is 8.25. The second-order valence-electron chi connectivity index (χ2n) is 8.25. The van der Waals surface area contributed by atoms with Crippen molar-refractivity contribution >= 4 is 17.5 Å². The van der Waals surface area contributed by atoms with E-state index in [0.29, 0.717) is 13.1 Å². The van der Waals surface area contributed by atoms with Gasteiger partial charge in [-0.15, -0.1) is 0 Å². The van der Waals surface area contributed by atoms with Crippen LogP contribution in [0.5, 0.6) is 0 Å². The van der Waals surface area contributed by atoms with E-state index < -0.39 is 0 Å².